The van der Waals surface area contributed by atoms with Crippen LogP contribution in [-0.2, 0) is 6.61 Å². The fourth-order valence-electron chi connectivity index (χ4n) is 1.72. The minimum atomic E-state index is -1.04. The zero-order valence-electron chi connectivity index (χ0n) is 10.7. The molecule has 1 N–H and O–H groups in total. The number of aromatic carboxylic acids is 1. The summed E-state index contributed by atoms with van der Waals surface area (Å²) in [5.41, 5.74) is 0.549. The Balaban J connectivity index is 2.17. The second kappa shape index (κ2) is 6.36. The second-order valence-electron chi connectivity index (χ2n) is 4.12. The summed E-state index contributed by atoms with van der Waals surface area (Å²) in [5, 5.41) is 19.8. The Labute approximate surface area is 128 Å². The van der Waals surface area contributed by atoms with Crippen LogP contribution in [-0.4, -0.2) is 16.0 Å². The van der Waals surface area contributed by atoms with Gasteiger partial charge in [0.15, 0.2) is 0 Å². The average Bonchev–Trinajstić information content (AvgIpc) is 2.46. The van der Waals surface area contributed by atoms with Gasteiger partial charge in [-0.3, -0.25) is 10.1 Å². The first-order valence-corrected chi connectivity index (χ1v) is 6.66. The summed E-state index contributed by atoms with van der Waals surface area (Å²) < 4.78 is 5.98. The van der Waals surface area contributed by atoms with Gasteiger partial charge in [-0.05, 0) is 40.2 Å². The van der Waals surface area contributed by atoms with Gasteiger partial charge in [0.05, 0.1) is 20.5 Å². The Morgan fingerprint density at radius 3 is 2.62 bits per heavy atom. The minimum Gasteiger partial charge on any atom is -0.487 e. The van der Waals surface area contributed by atoms with Crippen LogP contribution in [0.2, 0.25) is 0 Å². The van der Waals surface area contributed by atoms with Crippen molar-refractivity contribution in [1.82, 2.24) is 0 Å². The minimum absolute atomic E-state index is 0.0160. The molecule has 0 aromatic heterocycles. The summed E-state index contributed by atoms with van der Waals surface area (Å²) in [4.78, 5) is 21.3. The van der Waals surface area contributed by atoms with Crippen molar-refractivity contribution in [3.05, 3.63) is 68.2 Å². The summed E-state index contributed by atoms with van der Waals surface area (Å²) in [6, 6.07) is 10.6. The van der Waals surface area contributed by atoms with Crippen LogP contribution in [0.5, 0.6) is 5.75 Å². The molecule has 0 bridgehead atoms. The number of para-hydroxylation sites is 1. The molecule has 2 rings (SSSR count). The summed E-state index contributed by atoms with van der Waals surface area (Å²) in [7, 11) is 0. The van der Waals surface area contributed by atoms with Crippen LogP contribution in [0, 0.1) is 10.1 Å². The predicted octanol–water partition coefficient (Wildman–Crippen LogP) is 3.63. The van der Waals surface area contributed by atoms with Gasteiger partial charge in [0.25, 0.3) is 5.69 Å². The fraction of sp³-hybridized carbons (Fsp3) is 0.0714. The van der Waals surface area contributed by atoms with Crippen molar-refractivity contribution < 1.29 is 19.6 Å². The van der Waals surface area contributed by atoms with Gasteiger partial charge in [0.1, 0.15) is 12.4 Å². The van der Waals surface area contributed by atoms with Gasteiger partial charge >= 0.3 is 5.97 Å². The van der Waals surface area contributed by atoms with Gasteiger partial charge in [-0.2, -0.15) is 0 Å². The van der Waals surface area contributed by atoms with Crippen molar-refractivity contribution in [2.24, 2.45) is 0 Å². The van der Waals surface area contributed by atoms with Crippen molar-refractivity contribution in [3.8, 4) is 5.75 Å². The molecule has 0 radical (unpaired) electrons. The SMILES string of the molecule is O=C(O)c1ccc(OCc2ccccc2[N+](=O)[O-])c(Br)c1. The predicted molar refractivity (Wildman–Crippen MR) is 78.5 cm³/mol. The van der Waals surface area contributed by atoms with E-state index in [-0.39, 0.29) is 17.9 Å². The molecule has 2 aromatic carbocycles. The molecule has 108 valence electrons. The normalized spacial score (nSPS) is 10.1. The lowest BCUT2D eigenvalue weighted by atomic mass is 10.2. The number of rotatable bonds is 5. The van der Waals surface area contributed by atoms with Crippen LogP contribution < -0.4 is 4.74 Å². The number of hydrogen-bond donors (Lipinski definition) is 1. The van der Waals surface area contributed by atoms with Gasteiger partial charge in [0.2, 0.25) is 0 Å². The number of carboxylic acid groups (broad SMARTS) is 1. The maximum absolute atomic E-state index is 10.9. The standard InChI is InChI=1S/C14H10BrNO5/c15-11-7-9(14(17)18)5-6-13(11)21-8-10-3-1-2-4-12(10)16(19)20/h1-7H,8H2,(H,17,18). The summed E-state index contributed by atoms with van der Waals surface area (Å²) >= 11 is 3.21. The van der Waals surface area contributed by atoms with E-state index in [0.717, 1.165) is 0 Å². The van der Waals surface area contributed by atoms with Crippen molar-refractivity contribution in [1.29, 1.82) is 0 Å². The number of carboxylic acids is 1. The molecule has 0 saturated carbocycles. The number of nitro benzene ring substituents is 1. The Bertz CT molecular complexity index is 702. The molecule has 21 heavy (non-hydrogen) atoms. The van der Waals surface area contributed by atoms with E-state index in [1.54, 1.807) is 18.2 Å². The molecule has 0 atom stereocenters. The molecule has 0 heterocycles. The van der Waals surface area contributed by atoms with Crippen molar-refractivity contribution >= 4 is 27.6 Å². The van der Waals surface area contributed by atoms with Gasteiger partial charge in [-0.15, -0.1) is 0 Å². The molecular formula is C14H10BrNO5. The van der Waals surface area contributed by atoms with Gasteiger partial charge < -0.3 is 9.84 Å². The molecule has 0 amide bonds. The molecule has 0 spiro atoms. The topological polar surface area (TPSA) is 89.7 Å². The van der Waals surface area contributed by atoms with E-state index in [1.165, 1.54) is 24.3 Å². The molecular weight excluding hydrogens is 342 g/mol. The van der Waals surface area contributed by atoms with E-state index in [4.69, 9.17) is 9.84 Å². The zero-order valence-corrected chi connectivity index (χ0v) is 12.2. The highest BCUT2D eigenvalue weighted by molar-refractivity contribution is 9.10. The van der Waals surface area contributed by atoms with Crippen LogP contribution in [0.3, 0.4) is 0 Å². The number of nitrogens with zero attached hydrogens (tertiary/aromatic N) is 1. The molecule has 0 unspecified atom stereocenters. The Kier molecular flexibility index (Phi) is 4.54. The third-order valence-electron chi connectivity index (χ3n) is 2.75. The lowest BCUT2D eigenvalue weighted by molar-refractivity contribution is -0.385. The Morgan fingerprint density at radius 2 is 2.00 bits per heavy atom. The first-order chi connectivity index (χ1) is 9.99. The largest absolute Gasteiger partial charge is 0.487 e. The first kappa shape index (κ1) is 15.0. The number of hydrogen-bond acceptors (Lipinski definition) is 4. The molecule has 7 heteroatoms. The fourth-order valence-corrected chi connectivity index (χ4v) is 2.21. The van der Waals surface area contributed by atoms with Crippen LogP contribution in [0.4, 0.5) is 5.69 Å². The summed E-state index contributed by atoms with van der Waals surface area (Å²) in [6.45, 7) is 0.0160. The first-order valence-electron chi connectivity index (χ1n) is 5.87. The lowest BCUT2D eigenvalue weighted by Crippen LogP contribution is -2.02. The molecule has 0 saturated heterocycles. The average molecular weight is 352 g/mol. The number of halogens is 1. The molecule has 0 aliphatic rings. The van der Waals surface area contributed by atoms with Crippen molar-refractivity contribution in [2.45, 2.75) is 6.61 Å². The van der Waals surface area contributed by atoms with E-state index in [1.807, 2.05) is 0 Å². The van der Waals surface area contributed by atoms with Crippen LogP contribution in [0.15, 0.2) is 46.9 Å². The number of benzene rings is 2. The second-order valence-corrected chi connectivity index (χ2v) is 4.98. The maximum Gasteiger partial charge on any atom is 0.335 e. The van der Waals surface area contributed by atoms with Crippen LogP contribution >= 0.6 is 15.9 Å². The lowest BCUT2D eigenvalue weighted by Gasteiger charge is -2.09. The smallest absolute Gasteiger partial charge is 0.335 e. The zero-order chi connectivity index (χ0) is 15.4. The van der Waals surface area contributed by atoms with E-state index in [9.17, 15) is 14.9 Å². The Morgan fingerprint density at radius 1 is 1.29 bits per heavy atom. The van der Waals surface area contributed by atoms with E-state index in [2.05, 4.69) is 15.9 Å². The molecule has 0 aliphatic carbocycles. The monoisotopic (exact) mass is 351 g/mol. The van der Waals surface area contributed by atoms with Gasteiger partial charge in [-0.25, -0.2) is 4.79 Å². The van der Waals surface area contributed by atoms with E-state index < -0.39 is 10.9 Å². The Hall–Kier alpha value is -2.41. The van der Waals surface area contributed by atoms with Gasteiger partial charge in [0, 0.05) is 6.07 Å². The van der Waals surface area contributed by atoms with E-state index in [0.29, 0.717) is 15.8 Å². The highest BCUT2D eigenvalue weighted by Gasteiger charge is 2.14. The van der Waals surface area contributed by atoms with Crippen LogP contribution in [0.1, 0.15) is 15.9 Å². The highest BCUT2D eigenvalue weighted by Crippen LogP contribution is 2.28. The summed E-state index contributed by atoms with van der Waals surface area (Å²) in [5.74, 6) is -0.626. The third kappa shape index (κ3) is 3.57. The number of ether oxygens (including phenoxy) is 1. The molecule has 0 fully saturated rings. The summed E-state index contributed by atoms with van der Waals surface area (Å²) in [6.07, 6.45) is 0. The van der Waals surface area contributed by atoms with Crippen molar-refractivity contribution in [3.63, 3.8) is 0 Å². The third-order valence-corrected chi connectivity index (χ3v) is 3.37. The number of carbonyl (C=O) groups is 1. The number of nitro groups is 1. The maximum atomic E-state index is 10.9. The van der Waals surface area contributed by atoms with E-state index >= 15 is 0 Å². The van der Waals surface area contributed by atoms with Gasteiger partial charge in [-0.1, -0.05) is 12.1 Å². The van der Waals surface area contributed by atoms with Crippen LogP contribution in [0.25, 0.3) is 0 Å². The van der Waals surface area contributed by atoms with Crippen molar-refractivity contribution in [2.75, 3.05) is 0 Å². The highest BCUT2D eigenvalue weighted by atomic mass is 79.9. The quantitative estimate of drug-likeness (QED) is 0.656. The molecule has 0 aliphatic heterocycles. The molecule has 6 nitrogen and oxygen atoms in total. The molecule has 2 aromatic rings.